The molecule has 1 aromatic carbocycles. The third-order valence-electron chi connectivity index (χ3n) is 3.90. The molecule has 0 spiro atoms. The Balaban J connectivity index is 0.00000264. The van der Waals surface area contributed by atoms with E-state index in [1.165, 1.54) is 12.1 Å². The number of nitrogens with one attached hydrogen (secondary N) is 1. The molecule has 0 unspecified atom stereocenters. The highest BCUT2D eigenvalue weighted by Crippen LogP contribution is 2.16. The minimum atomic E-state index is -0.440. The first-order valence-corrected chi connectivity index (χ1v) is 7.46. The number of piperidine rings is 1. The fraction of sp³-hybridized carbons (Fsp3) is 0.438. The molecule has 1 N–H and O–H groups in total. The van der Waals surface area contributed by atoms with Crippen LogP contribution in [0.25, 0.3) is 0 Å². The number of nitrogens with zero attached hydrogens (tertiary/aromatic N) is 2. The van der Waals surface area contributed by atoms with Gasteiger partial charge in [0.25, 0.3) is 5.69 Å². The predicted molar refractivity (Wildman–Crippen MR) is 91.9 cm³/mol. The molecule has 0 bridgehead atoms. The van der Waals surface area contributed by atoms with E-state index in [2.05, 4.69) is 11.9 Å². The Hall–Kier alpha value is -1.92. The van der Waals surface area contributed by atoms with Gasteiger partial charge in [-0.05, 0) is 31.5 Å². The van der Waals surface area contributed by atoms with Crippen molar-refractivity contribution < 1.29 is 9.72 Å². The fourth-order valence-electron chi connectivity index (χ4n) is 2.72. The topological polar surface area (TPSA) is 75.5 Å². The fourth-order valence-corrected chi connectivity index (χ4v) is 2.72. The van der Waals surface area contributed by atoms with Gasteiger partial charge in [-0.25, -0.2) is 0 Å². The van der Waals surface area contributed by atoms with Crippen LogP contribution in [0.15, 0.2) is 36.9 Å². The second-order valence-corrected chi connectivity index (χ2v) is 5.42. The van der Waals surface area contributed by atoms with Crippen molar-refractivity contribution in [1.82, 2.24) is 10.2 Å². The van der Waals surface area contributed by atoms with Gasteiger partial charge in [-0.15, -0.1) is 19.0 Å². The lowest BCUT2D eigenvalue weighted by Crippen LogP contribution is -2.46. The molecule has 1 fully saturated rings. The van der Waals surface area contributed by atoms with E-state index in [0.717, 1.165) is 31.5 Å². The summed E-state index contributed by atoms with van der Waals surface area (Å²) in [7, 11) is 0. The molecule has 1 saturated heterocycles. The van der Waals surface area contributed by atoms with Crippen molar-refractivity contribution in [2.24, 2.45) is 0 Å². The first-order valence-electron chi connectivity index (χ1n) is 7.46. The van der Waals surface area contributed by atoms with E-state index in [1.54, 1.807) is 18.2 Å². The average molecular weight is 340 g/mol. The summed E-state index contributed by atoms with van der Waals surface area (Å²) in [4.78, 5) is 24.6. The van der Waals surface area contributed by atoms with Gasteiger partial charge in [0.15, 0.2) is 0 Å². The number of amides is 1. The molecule has 0 radical (unpaired) electrons. The molecular weight excluding hydrogens is 318 g/mol. The molecule has 0 atom stereocenters. The molecule has 1 amide bonds. The van der Waals surface area contributed by atoms with E-state index in [1.807, 2.05) is 4.90 Å². The van der Waals surface area contributed by atoms with Gasteiger partial charge in [-0.2, -0.15) is 0 Å². The lowest BCUT2D eigenvalue weighted by atomic mass is 10.0. The van der Waals surface area contributed by atoms with Crippen molar-refractivity contribution in [2.75, 3.05) is 19.6 Å². The molecule has 1 aliphatic heterocycles. The monoisotopic (exact) mass is 339 g/mol. The van der Waals surface area contributed by atoms with Crippen molar-refractivity contribution in [2.45, 2.75) is 25.3 Å². The third kappa shape index (κ3) is 5.33. The van der Waals surface area contributed by atoms with Crippen LogP contribution in [0.4, 0.5) is 5.69 Å². The number of nitro groups is 1. The zero-order chi connectivity index (χ0) is 15.9. The first-order chi connectivity index (χ1) is 10.6. The first kappa shape index (κ1) is 19.1. The zero-order valence-corrected chi connectivity index (χ0v) is 13.8. The van der Waals surface area contributed by atoms with Gasteiger partial charge in [0, 0.05) is 24.7 Å². The molecule has 1 aromatic rings. The van der Waals surface area contributed by atoms with E-state index in [-0.39, 0.29) is 36.5 Å². The number of halogens is 1. The lowest BCUT2D eigenvalue weighted by Gasteiger charge is -2.34. The van der Waals surface area contributed by atoms with Crippen LogP contribution >= 0.6 is 12.4 Å². The zero-order valence-electron chi connectivity index (χ0n) is 12.9. The van der Waals surface area contributed by atoms with Gasteiger partial charge in [0.2, 0.25) is 5.91 Å². The van der Waals surface area contributed by atoms with Crippen molar-refractivity contribution in [3.8, 4) is 0 Å². The van der Waals surface area contributed by atoms with Crippen LogP contribution in [0.1, 0.15) is 18.4 Å². The summed E-state index contributed by atoms with van der Waals surface area (Å²) in [6, 6.07) is 6.40. The van der Waals surface area contributed by atoms with Crippen LogP contribution in [-0.4, -0.2) is 41.4 Å². The van der Waals surface area contributed by atoms with Gasteiger partial charge in [-0.1, -0.05) is 18.2 Å². The van der Waals surface area contributed by atoms with E-state index in [4.69, 9.17) is 0 Å². The quantitative estimate of drug-likeness (QED) is 0.490. The largest absolute Gasteiger partial charge is 0.336 e. The molecule has 0 saturated carbocycles. The Morgan fingerprint density at radius 2 is 1.96 bits per heavy atom. The maximum atomic E-state index is 12.5. The molecule has 23 heavy (non-hydrogen) atoms. The average Bonchev–Trinajstić information content (AvgIpc) is 2.53. The highest BCUT2D eigenvalue weighted by atomic mass is 35.5. The van der Waals surface area contributed by atoms with Crippen LogP contribution < -0.4 is 5.32 Å². The minimum absolute atomic E-state index is 0. The third-order valence-corrected chi connectivity index (χ3v) is 3.90. The van der Waals surface area contributed by atoms with Gasteiger partial charge in [0.05, 0.1) is 11.3 Å². The Morgan fingerprint density at radius 3 is 2.48 bits per heavy atom. The molecule has 0 aliphatic carbocycles. The van der Waals surface area contributed by atoms with Gasteiger partial charge in [0.1, 0.15) is 0 Å². The molecule has 1 aliphatic rings. The summed E-state index contributed by atoms with van der Waals surface area (Å²) < 4.78 is 0. The maximum Gasteiger partial charge on any atom is 0.269 e. The number of benzene rings is 1. The van der Waals surface area contributed by atoms with Crippen molar-refractivity contribution in [3.05, 3.63) is 52.6 Å². The summed E-state index contributed by atoms with van der Waals surface area (Å²) in [5, 5.41) is 13.9. The maximum absolute atomic E-state index is 12.5. The smallest absolute Gasteiger partial charge is 0.269 e. The van der Waals surface area contributed by atoms with Crippen LogP contribution in [0.3, 0.4) is 0 Å². The number of hydrogen-bond donors (Lipinski definition) is 1. The molecule has 1 heterocycles. The Bertz CT molecular complexity index is 542. The lowest BCUT2D eigenvalue weighted by molar-refractivity contribution is -0.384. The normalized spacial score (nSPS) is 14.6. The van der Waals surface area contributed by atoms with Crippen molar-refractivity contribution in [3.63, 3.8) is 0 Å². The number of nitro benzene ring substituents is 1. The second-order valence-electron chi connectivity index (χ2n) is 5.42. The highest BCUT2D eigenvalue weighted by molar-refractivity contribution is 5.85. The van der Waals surface area contributed by atoms with E-state index in [9.17, 15) is 14.9 Å². The highest BCUT2D eigenvalue weighted by Gasteiger charge is 2.24. The van der Waals surface area contributed by atoms with Gasteiger partial charge >= 0.3 is 0 Å². The number of carbonyl (C=O) groups is 1. The second kappa shape index (κ2) is 9.27. The van der Waals surface area contributed by atoms with Crippen molar-refractivity contribution >= 4 is 24.0 Å². The molecule has 7 heteroatoms. The Kier molecular flexibility index (Phi) is 7.71. The summed E-state index contributed by atoms with van der Waals surface area (Å²) in [6.07, 6.45) is 3.89. The van der Waals surface area contributed by atoms with Gasteiger partial charge in [-0.3, -0.25) is 14.9 Å². The Morgan fingerprint density at radius 1 is 1.35 bits per heavy atom. The van der Waals surface area contributed by atoms with E-state index in [0.29, 0.717) is 6.54 Å². The number of hydrogen-bond acceptors (Lipinski definition) is 4. The number of rotatable bonds is 6. The predicted octanol–water partition coefficient (Wildman–Crippen LogP) is 2.33. The van der Waals surface area contributed by atoms with Gasteiger partial charge < -0.3 is 10.2 Å². The molecule has 2 rings (SSSR count). The molecule has 126 valence electrons. The molecular formula is C16H22ClN3O3. The van der Waals surface area contributed by atoms with Crippen molar-refractivity contribution in [1.29, 1.82) is 0 Å². The standard InChI is InChI=1S/C16H21N3O3.ClH/c1-2-11-18(14-7-9-17-10-8-14)16(20)12-13-3-5-15(6-4-13)19(21)22;/h2-6,14,17H,1,7-12H2;1H. The SMILES string of the molecule is C=CCN(C(=O)Cc1ccc([N+](=O)[O-])cc1)C1CCNCC1.Cl. The summed E-state index contributed by atoms with van der Waals surface area (Å²) >= 11 is 0. The minimum Gasteiger partial charge on any atom is -0.336 e. The van der Waals surface area contributed by atoms with Crippen LogP contribution in [-0.2, 0) is 11.2 Å². The number of non-ortho nitro benzene ring substituents is 1. The molecule has 0 aromatic heterocycles. The summed E-state index contributed by atoms with van der Waals surface area (Å²) in [5.74, 6) is 0.0423. The Labute approximate surface area is 142 Å². The van der Waals surface area contributed by atoms with Crippen LogP contribution in [0, 0.1) is 10.1 Å². The number of carbonyl (C=O) groups excluding carboxylic acids is 1. The van der Waals surface area contributed by atoms with Crippen LogP contribution in [0.5, 0.6) is 0 Å². The van der Waals surface area contributed by atoms with E-state index >= 15 is 0 Å². The van der Waals surface area contributed by atoms with E-state index < -0.39 is 4.92 Å². The summed E-state index contributed by atoms with van der Waals surface area (Å²) in [5.41, 5.74) is 0.830. The molecule has 6 nitrogen and oxygen atoms in total. The summed E-state index contributed by atoms with van der Waals surface area (Å²) in [6.45, 7) is 6.11. The van der Waals surface area contributed by atoms with Crippen LogP contribution in [0.2, 0.25) is 0 Å².